The molecule has 106 valence electrons. The van der Waals surface area contributed by atoms with Crippen LogP contribution >= 0.6 is 15.9 Å². The van der Waals surface area contributed by atoms with E-state index in [-0.39, 0.29) is 12.3 Å². The van der Waals surface area contributed by atoms with Crippen LogP contribution in [0.2, 0.25) is 0 Å². The molecule has 0 aliphatic carbocycles. The molecule has 1 amide bonds. The average molecular weight is 331 g/mol. The van der Waals surface area contributed by atoms with E-state index in [2.05, 4.69) is 21.2 Å². The third-order valence-corrected chi connectivity index (χ3v) is 2.99. The second kappa shape index (κ2) is 8.14. The van der Waals surface area contributed by atoms with E-state index in [1.807, 2.05) is 13.0 Å². The summed E-state index contributed by atoms with van der Waals surface area (Å²) in [7, 11) is 1.61. The van der Waals surface area contributed by atoms with Gasteiger partial charge in [-0.05, 0) is 24.6 Å². The Morgan fingerprint density at radius 3 is 2.79 bits per heavy atom. The van der Waals surface area contributed by atoms with Gasteiger partial charge in [0.2, 0.25) is 5.91 Å². The largest absolute Gasteiger partial charge is 0.397 e. The van der Waals surface area contributed by atoms with E-state index in [9.17, 15) is 4.79 Å². The molecule has 6 heteroatoms. The van der Waals surface area contributed by atoms with Gasteiger partial charge in [-0.25, -0.2) is 0 Å². The fourth-order valence-electron chi connectivity index (χ4n) is 1.48. The molecular formula is C13H19BrN2O3. The number of aryl methyl sites for hydroxylation is 1. The van der Waals surface area contributed by atoms with Gasteiger partial charge in [0, 0.05) is 11.6 Å². The fourth-order valence-corrected chi connectivity index (χ4v) is 2.05. The maximum absolute atomic E-state index is 11.7. The lowest BCUT2D eigenvalue weighted by atomic mass is 10.1. The summed E-state index contributed by atoms with van der Waals surface area (Å²) in [5.74, 6) is -0.124. The number of nitrogens with one attached hydrogen (secondary N) is 1. The lowest BCUT2D eigenvalue weighted by Crippen LogP contribution is -2.16. The lowest BCUT2D eigenvalue weighted by Gasteiger charge is -2.11. The number of methoxy groups -OCH3 is 1. The number of nitrogens with two attached hydrogens (primary N) is 1. The van der Waals surface area contributed by atoms with Crippen LogP contribution in [0.5, 0.6) is 0 Å². The van der Waals surface area contributed by atoms with Crippen molar-refractivity contribution >= 4 is 33.2 Å². The van der Waals surface area contributed by atoms with Crippen molar-refractivity contribution in [3.8, 4) is 0 Å². The summed E-state index contributed by atoms with van der Waals surface area (Å²) in [4.78, 5) is 11.7. The molecule has 0 fully saturated rings. The summed E-state index contributed by atoms with van der Waals surface area (Å²) in [6, 6.07) is 3.69. The van der Waals surface area contributed by atoms with Crippen LogP contribution in [0.1, 0.15) is 12.0 Å². The molecule has 1 rings (SSSR count). The normalized spacial score (nSPS) is 10.5. The van der Waals surface area contributed by atoms with E-state index in [1.165, 1.54) is 0 Å². The molecule has 0 aromatic heterocycles. The van der Waals surface area contributed by atoms with Gasteiger partial charge >= 0.3 is 0 Å². The van der Waals surface area contributed by atoms with Crippen molar-refractivity contribution in [2.75, 3.05) is 38.0 Å². The smallest absolute Gasteiger partial charge is 0.226 e. The van der Waals surface area contributed by atoms with Crippen molar-refractivity contribution in [1.29, 1.82) is 0 Å². The molecule has 0 aliphatic rings. The van der Waals surface area contributed by atoms with E-state index in [4.69, 9.17) is 15.2 Å². The Morgan fingerprint density at radius 2 is 2.11 bits per heavy atom. The summed E-state index contributed by atoms with van der Waals surface area (Å²) in [6.45, 7) is 3.27. The van der Waals surface area contributed by atoms with Crippen LogP contribution in [0, 0.1) is 6.92 Å². The van der Waals surface area contributed by atoms with Gasteiger partial charge in [0.1, 0.15) is 0 Å². The highest BCUT2D eigenvalue weighted by Crippen LogP contribution is 2.27. The van der Waals surface area contributed by atoms with Crippen molar-refractivity contribution in [2.24, 2.45) is 0 Å². The van der Waals surface area contributed by atoms with Crippen LogP contribution in [0.15, 0.2) is 16.6 Å². The Kier molecular flexibility index (Phi) is 6.83. The van der Waals surface area contributed by atoms with Gasteiger partial charge in [-0.15, -0.1) is 0 Å². The SMILES string of the molecule is COCCOCCC(=O)Nc1cc(Br)cc(C)c1N. The molecule has 0 heterocycles. The summed E-state index contributed by atoms with van der Waals surface area (Å²) in [5.41, 5.74) is 8.03. The number of halogens is 1. The number of carbonyl (C=O) groups excluding carboxylic acids is 1. The van der Waals surface area contributed by atoms with Gasteiger partial charge in [0.05, 0.1) is 37.6 Å². The van der Waals surface area contributed by atoms with Crippen molar-refractivity contribution in [1.82, 2.24) is 0 Å². The molecule has 3 N–H and O–H groups in total. The standard InChI is InChI=1S/C13H19BrN2O3/c1-9-7-10(14)8-11(13(9)15)16-12(17)3-4-19-6-5-18-2/h7-8H,3-6,15H2,1-2H3,(H,16,17). The quantitative estimate of drug-likeness (QED) is 0.594. The number of nitrogen functional groups attached to an aromatic ring is 1. The first-order valence-electron chi connectivity index (χ1n) is 5.96. The maximum Gasteiger partial charge on any atom is 0.226 e. The first-order chi connectivity index (χ1) is 9.04. The number of carbonyl (C=O) groups is 1. The minimum absolute atomic E-state index is 0.124. The minimum Gasteiger partial charge on any atom is -0.397 e. The highest BCUT2D eigenvalue weighted by atomic mass is 79.9. The molecule has 1 aromatic carbocycles. The third-order valence-electron chi connectivity index (χ3n) is 2.53. The Morgan fingerprint density at radius 1 is 1.37 bits per heavy atom. The molecule has 0 unspecified atom stereocenters. The number of anilines is 2. The molecule has 0 bridgehead atoms. The monoisotopic (exact) mass is 330 g/mol. The second-order valence-corrected chi connectivity index (χ2v) is 5.00. The molecule has 0 aliphatic heterocycles. The van der Waals surface area contributed by atoms with Crippen LogP contribution in [0.4, 0.5) is 11.4 Å². The zero-order valence-corrected chi connectivity index (χ0v) is 12.7. The Labute approximate surface area is 121 Å². The van der Waals surface area contributed by atoms with E-state index < -0.39 is 0 Å². The van der Waals surface area contributed by atoms with Crippen LogP contribution in [0.3, 0.4) is 0 Å². The molecule has 5 nitrogen and oxygen atoms in total. The third kappa shape index (κ3) is 5.59. The molecule has 0 spiro atoms. The maximum atomic E-state index is 11.7. The molecule has 0 saturated heterocycles. The summed E-state index contributed by atoms with van der Waals surface area (Å²) < 4.78 is 11.0. The van der Waals surface area contributed by atoms with Gasteiger partial charge in [0.15, 0.2) is 0 Å². The summed E-state index contributed by atoms with van der Waals surface area (Å²) in [6.07, 6.45) is 0.286. The predicted molar refractivity (Wildman–Crippen MR) is 79.2 cm³/mol. The highest BCUT2D eigenvalue weighted by Gasteiger charge is 2.08. The average Bonchev–Trinajstić information content (AvgIpc) is 2.35. The van der Waals surface area contributed by atoms with Crippen molar-refractivity contribution in [2.45, 2.75) is 13.3 Å². The van der Waals surface area contributed by atoms with Crippen LogP contribution in [-0.4, -0.2) is 32.8 Å². The second-order valence-electron chi connectivity index (χ2n) is 4.09. The highest BCUT2D eigenvalue weighted by molar-refractivity contribution is 9.10. The minimum atomic E-state index is -0.124. The van der Waals surface area contributed by atoms with Crippen LogP contribution in [0.25, 0.3) is 0 Å². The predicted octanol–water partition coefficient (Wildman–Crippen LogP) is 2.33. The Balaban J connectivity index is 2.44. The Bertz CT molecular complexity index is 438. The number of benzene rings is 1. The molecule has 0 radical (unpaired) electrons. The number of hydrogen-bond donors (Lipinski definition) is 2. The van der Waals surface area contributed by atoms with Gasteiger partial charge in [0.25, 0.3) is 0 Å². The van der Waals surface area contributed by atoms with Crippen LogP contribution < -0.4 is 11.1 Å². The van der Waals surface area contributed by atoms with E-state index >= 15 is 0 Å². The fraction of sp³-hybridized carbons (Fsp3) is 0.462. The van der Waals surface area contributed by atoms with E-state index in [0.717, 1.165) is 10.0 Å². The first-order valence-corrected chi connectivity index (χ1v) is 6.76. The van der Waals surface area contributed by atoms with Crippen LogP contribution in [-0.2, 0) is 14.3 Å². The number of amides is 1. The van der Waals surface area contributed by atoms with Gasteiger partial charge in [-0.3, -0.25) is 4.79 Å². The van der Waals surface area contributed by atoms with Gasteiger partial charge in [-0.1, -0.05) is 15.9 Å². The topological polar surface area (TPSA) is 73.6 Å². The summed E-state index contributed by atoms with van der Waals surface area (Å²) in [5, 5.41) is 2.78. The molecule has 0 atom stereocenters. The molecule has 1 aromatic rings. The van der Waals surface area contributed by atoms with E-state index in [1.54, 1.807) is 13.2 Å². The first kappa shape index (κ1) is 15.9. The molecule has 19 heavy (non-hydrogen) atoms. The number of rotatable bonds is 7. The lowest BCUT2D eigenvalue weighted by molar-refractivity contribution is -0.117. The van der Waals surface area contributed by atoms with Crippen molar-refractivity contribution in [3.05, 3.63) is 22.2 Å². The van der Waals surface area contributed by atoms with Gasteiger partial charge in [-0.2, -0.15) is 0 Å². The number of ether oxygens (including phenoxy) is 2. The summed E-state index contributed by atoms with van der Waals surface area (Å²) >= 11 is 3.37. The van der Waals surface area contributed by atoms with Crippen molar-refractivity contribution < 1.29 is 14.3 Å². The Hall–Kier alpha value is -1.11. The van der Waals surface area contributed by atoms with E-state index in [0.29, 0.717) is 31.2 Å². The van der Waals surface area contributed by atoms with Crippen molar-refractivity contribution in [3.63, 3.8) is 0 Å². The zero-order valence-electron chi connectivity index (χ0n) is 11.2. The van der Waals surface area contributed by atoms with Gasteiger partial charge < -0.3 is 20.5 Å². The molecular weight excluding hydrogens is 312 g/mol. The zero-order chi connectivity index (χ0) is 14.3. The number of hydrogen-bond acceptors (Lipinski definition) is 4. The molecule has 0 saturated carbocycles.